The quantitative estimate of drug-likeness (QED) is 0.847. The number of nitrogens with zero attached hydrogens (tertiary/aromatic N) is 4. The Labute approximate surface area is 144 Å². The van der Waals surface area contributed by atoms with E-state index in [2.05, 4.69) is 40.8 Å². The van der Waals surface area contributed by atoms with Crippen LogP contribution in [-0.2, 0) is 16.8 Å². The van der Waals surface area contributed by atoms with E-state index in [1.807, 2.05) is 6.92 Å². The highest BCUT2D eigenvalue weighted by atomic mass is 16.4. The summed E-state index contributed by atoms with van der Waals surface area (Å²) >= 11 is 0. The molecule has 0 spiro atoms. The Morgan fingerprint density at radius 1 is 1.17 bits per heavy atom. The van der Waals surface area contributed by atoms with Gasteiger partial charge in [0.25, 0.3) is 0 Å². The van der Waals surface area contributed by atoms with Gasteiger partial charge in [0.15, 0.2) is 0 Å². The summed E-state index contributed by atoms with van der Waals surface area (Å²) < 4.78 is 5.87. The van der Waals surface area contributed by atoms with E-state index < -0.39 is 0 Å². The molecule has 0 radical (unpaired) electrons. The third-order valence-corrected chi connectivity index (χ3v) is 5.23. The number of aromatic nitrogens is 2. The van der Waals surface area contributed by atoms with Crippen molar-refractivity contribution in [2.45, 2.75) is 83.8 Å². The molecule has 1 aromatic heterocycles. The SMILES string of the molecule is CCC(=O)N1CCCC1C1CCCN1Cc1nnc(C(C)(C)C)o1. The highest BCUT2D eigenvalue weighted by Gasteiger charge is 2.39. The van der Waals surface area contributed by atoms with Crippen LogP contribution in [0.4, 0.5) is 0 Å². The van der Waals surface area contributed by atoms with Gasteiger partial charge in [0, 0.05) is 30.5 Å². The Kier molecular flexibility index (Phi) is 4.95. The maximum Gasteiger partial charge on any atom is 0.230 e. The summed E-state index contributed by atoms with van der Waals surface area (Å²) in [5.74, 6) is 1.67. The summed E-state index contributed by atoms with van der Waals surface area (Å²) in [6.45, 7) is 10.8. The number of rotatable bonds is 4. The van der Waals surface area contributed by atoms with E-state index in [4.69, 9.17) is 4.42 Å². The predicted octanol–water partition coefficient (Wildman–Crippen LogP) is 2.73. The maximum atomic E-state index is 12.2. The molecule has 0 N–H and O–H groups in total. The summed E-state index contributed by atoms with van der Waals surface area (Å²) in [6.07, 6.45) is 5.16. The number of carbonyl (C=O) groups excluding carboxylic acids is 1. The minimum atomic E-state index is -0.120. The predicted molar refractivity (Wildman–Crippen MR) is 91.5 cm³/mol. The lowest BCUT2D eigenvalue weighted by atomic mass is 9.97. The zero-order valence-corrected chi connectivity index (χ0v) is 15.4. The van der Waals surface area contributed by atoms with Gasteiger partial charge in [-0.3, -0.25) is 9.69 Å². The minimum absolute atomic E-state index is 0.120. The average molecular weight is 334 g/mol. The van der Waals surface area contributed by atoms with Gasteiger partial charge in [-0.15, -0.1) is 10.2 Å². The van der Waals surface area contributed by atoms with Crippen LogP contribution in [0.2, 0.25) is 0 Å². The largest absolute Gasteiger partial charge is 0.423 e. The number of hydrogen-bond donors (Lipinski definition) is 0. The average Bonchev–Trinajstić information content (AvgIpc) is 3.25. The zero-order valence-electron chi connectivity index (χ0n) is 15.4. The Morgan fingerprint density at radius 2 is 1.88 bits per heavy atom. The minimum Gasteiger partial charge on any atom is -0.423 e. The molecule has 24 heavy (non-hydrogen) atoms. The first kappa shape index (κ1) is 17.4. The number of carbonyl (C=O) groups is 1. The zero-order chi connectivity index (χ0) is 17.3. The number of amides is 1. The third-order valence-electron chi connectivity index (χ3n) is 5.23. The third kappa shape index (κ3) is 3.48. The van der Waals surface area contributed by atoms with E-state index in [1.54, 1.807) is 0 Å². The second kappa shape index (κ2) is 6.82. The molecule has 6 heteroatoms. The van der Waals surface area contributed by atoms with Crippen LogP contribution >= 0.6 is 0 Å². The lowest BCUT2D eigenvalue weighted by Crippen LogP contribution is -2.47. The summed E-state index contributed by atoms with van der Waals surface area (Å²) in [4.78, 5) is 16.8. The van der Waals surface area contributed by atoms with E-state index in [9.17, 15) is 4.79 Å². The van der Waals surface area contributed by atoms with Gasteiger partial charge in [-0.25, -0.2) is 0 Å². The van der Waals surface area contributed by atoms with Crippen molar-refractivity contribution in [3.8, 4) is 0 Å². The van der Waals surface area contributed by atoms with Crippen molar-refractivity contribution in [2.75, 3.05) is 13.1 Å². The first-order chi connectivity index (χ1) is 11.4. The van der Waals surface area contributed by atoms with Crippen LogP contribution in [0.25, 0.3) is 0 Å². The molecule has 3 heterocycles. The Bertz CT molecular complexity index is 578. The van der Waals surface area contributed by atoms with Crippen molar-refractivity contribution in [1.82, 2.24) is 20.0 Å². The fourth-order valence-corrected chi connectivity index (χ4v) is 3.98. The lowest BCUT2D eigenvalue weighted by Gasteiger charge is -2.34. The molecule has 1 amide bonds. The fourth-order valence-electron chi connectivity index (χ4n) is 3.98. The van der Waals surface area contributed by atoms with Crippen LogP contribution in [-0.4, -0.2) is 51.1 Å². The van der Waals surface area contributed by atoms with Gasteiger partial charge in [-0.05, 0) is 32.2 Å². The lowest BCUT2D eigenvalue weighted by molar-refractivity contribution is -0.132. The number of hydrogen-bond acceptors (Lipinski definition) is 5. The molecule has 0 saturated carbocycles. The molecule has 2 atom stereocenters. The van der Waals surface area contributed by atoms with Crippen LogP contribution < -0.4 is 0 Å². The van der Waals surface area contributed by atoms with Gasteiger partial charge in [-0.1, -0.05) is 27.7 Å². The maximum absolute atomic E-state index is 12.2. The monoisotopic (exact) mass is 334 g/mol. The molecular weight excluding hydrogens is 304 g/mol. The van der Waals surface area contributed by atoms with Crippen LogP contribution in [0.3, 0.4) is 0 Å². The molecule has 1 aromatic rings. The fraction of sp³-hybridized carbons (Fsp3) is 0.833. The van der Waals surface area contributed by atoms with E-state index in [-0.39, 0.29) is 11.3 Å². The standard InChI is InChI=1S/C18H30N4O2/c1-5-16(23)22-11-7-9-14(22)13-8-6-10-21(13)12-15-19-20-17(24-15)18(2,3)4/h13-14H,5-12H2,1-4H3. The van der Waals surface area contributed by atoms with E-state index >= 15 is 0 Å². The highest BCUT2D eigenvalue weighted by molar-refractivity contribution is 5.76. The van der Waals surface area contributed by atoms with Gasteiger partial charge in [0.05, 0.1) is 6.54 Å². The van der Waals surface area contributed by atoms with Crippen molar-refractivity contribution < 1.29 is 9.21 Å². The van der Waals surface area contributed by atoms with Gasteiger partial charge < -0.3 is 9.32 Å². The summed E-state index contributed by atoms with van der Waals surface area (Å²) in [5, 5.41) is 8.44. The Hall–Kier alpha value is -1.43. The molecule has 0 aromatic carbocycles. The molecule has 0 bridgehead atoms. The van der Waals surface area contributed by atoms with Gasteiger partial charge in [0.1, 0.15) is 0 Å². The van der Waals surface area contributed by atoms with Crippen LogP contribution in [0.5, 0.6) is 0 Å². The van der Waals surface area contributed by atoms with Crippen molar-refractivity contribution in [3.63, 3.8) is 0 Å². The summed E-state index contributed by atoms with van der Waals surface area (Å²) in [7, 11) is 0. The van der Waals surface area contributed by atoms with Crippen LogP contribution in [0.1, 0.15) is 71.6 Å². The molecule has 134 valence electrons. The summed E-state index contributed by atoms with van der Waals surface area (Å²) in [5.41, 5.74) is -0.120. The second-order valence-corrected chi connectivity index (χ2v) is 8.08. The topological polar surface area (TPSA) is 62.5 Å². The second-order valence-electron chi connectivity index (χ2n) is 8.08. The first-order valence-corrected chi connectivity index (χ1v) is 9.26. The van der Waals surface area contributed by atoms with Crippen LogP contribution in [0.15, 0.2) is 4.42 Å². The van der Waals surface area contributed by atoms with Gasteiger partial charge in [-0.2, -0.15) is 0 Å². The Morgan fingerprint density at radius 3 is 2.54 bits per heavy atom. The van der Waals surface area contributed by atoms with Crippen molar-refractivity contribution in [2.24, 2.45) is 0 Å². The Balaban J connectivity index is 1.69. The van der Waals surface area contributed by atoms with E-state index in [1.165, 1.54) is 6.42 Å². The van der Waals surface area contributed by atoms with E-state index in [0.29, 0.717) is 36.8 Å². The van der Waals surface area contributed by atoms with Gasteiger partial charge in [0.2, 0.25) is 17.7 Å². The molecule has 6 nitrogen and oxygen atoms in total. The highest BCUT2D eigenvalue weighted by Crippen LogP contribution is 2.31. The number of likely N-dealkylation sites (tertiary alicyclic amines) is 2. The van der Waals surface area contributed by atoms with E-state index in [0.717, 1.165) is 32.4 Å². The van der Waals surface area contributed by atoms with Crippen LogP contribution in [0, 0.1) is 0 Å². The molecule has 3 rings (SSSR count). The molecule has 2 unspecified atom stereocenters. The smallest absolute Gasteiger partial charge is 0.230 e. The van der Waals surface area contributed by atoms with Crippen molar-refractivity contribution in [3.05, 3.63) is 11.8 Å². The van der Waals surface area contributed by atoms with Crippen molar-refractivity contribution in [1.29, 1.82) is 0 Å². The molecular formula is C18H30N4O2. The molecule has 2 aliphatic heterocycles. The molecule has 2 aliphatic rings. The summed E-state index contributed by atoms with van der Waals surface area (Å²) in [6, 6.07) is 0.776. The molecule has 2 fully saturated rings. The van der Waals surface area contributed by atoms with Crippen molar-refractivity contribution >= 4 is 5.91 Å². The van der Waals surface area contributed by atoms with Gasteiger partial charge >= 0.3 is 0 Å². The molecule has 0 aliphatic carbocycles. The normalized spacial score (nSPS) is 25.6. The first-order valence-electron chi connectivity index (χ1n) is 9.26. The molecule has 2 saturated heterocycles.